The normalized spacial score (nSPS) is 14.8. The molecule has 2 atom stereocenters. The van der Waals surface area contributed by atoms with Gasteiger partial charge in [-0.05, 0) is 38.5 Å². The van der Waals surface area contributed by atoms with E-state index in [1.807, 2.05) is 0 Å². The maximum absolute atomic E-state index is 11.7. The highest BCUT2D eigenvalue weighted by atomic mass is 31.2. The van der Waals surface area contributed by atoms with Gasteiger partial charge in [0, 0.05) is 13.0 Å². The summed E-state index contributed by atoms with van der Waals surface area (Å²) in [6.45, 7) is 1.39. The van der Waals surface area contributed by atoms with E-state index >= 15 is 0 Å². The molecule has 32 heavy (non-hydrogen) atoms. The van der Waals surface area contributed by atoms with Crippen molar-refractivity contribution in [2.24, 2.45) is 5.73 Å². The van der Waals surface area contributed by atoms with Crippen molar-refractivity contribution in [3.63, 3.8) is 0 Å². The first-order valence-corrected chi connectivity index (χ1v) is 13.4. The predicted molar refractivity (Wildman–Crippen MR) is 127 cm³/mol. The number of phosphoric acid groups is 1. The smallest absolute Gasteiger partial charge is 0.463 e. The number of carbonyl (C=O) groups excluding carboxylic acids is 1. The van der Waals surface area contributed by atoms with Crippen LogP contribution in [0.1, 0.15) is 84.0 Å². The number of unbranched alkanes of at least 4 members (excludes halogenated alkanes) is 8. The van der Waals surface area contributed by atoms with Gasteiger partial charge < -0.3 is 20.5 Å². The number of rotatable bonds is 22. The number of nitrogens with two attached hydrogens (primary N) is 1. The molecule has 0 aromatic rings. The highest BCUT2D eigenvalue weighted by Crippen LogP contribution is 2.42. The topological polar surface area (TPSA) is 128 Å². The molecule has 188 valence electrons. The zero-order valence-electron chi connectivity index (χ0n) is 19.7. The number of phosphoric ester groups is 1. The van der Waals surface area contributed by atoms with E-state index in [1.54, 1.807) is 0 Å². The molecule has 0 aromatic carbocycles. The maximum Gasteiger partial charge on any atom is 0.472 e. The van der Waals surface area contributed by atoms with Crippen LogP contribution >= 0.6 is 7.82 Å². The lowest BCUT2D eigenvalue weighted by Gasteiger charge is -2.15. The van der Waals surface area contributed by atoms with Crippen LogP contribution in [0, 0.1) is 0 Å². The first-order chi connectivity index (χ1) is 15.4. The molecule has 1 unspecified atom stereocenters. The van der Waals surface area contributed by atoms with Gasteiger partial charge in [-0.1, -0.05) is 63.3 Å². The van der Waals surface area contributed by atoms with E-state index in [1.165, 1.54) is 25.7 Å². The molecule has 0 heterocycles. The first kappa shape index (κ1) is 31.0. The van der Waals surface area contributed by atoms with E-state index in [9.17, 15) is 19.4 Å². The van der Waals surface area contributed by atoms with Crippen LogP contribution in [0.5, 0.6) is 0 Å². The van der Waals surface area contributed by atoms with Crippen molar-refractivity contribution in [2.75, 3.05) is 26.4 Å². The first-order valence-electron chi connectivity index (χ1n) is 11.9. The number of hydrogen-bond acceptors (Lipinski definition) is 7. The third kappa shape index (κ3) is 22.2. The van der Waals surface area contributed by atoms with E-state index in [0.717, 1.165) is 44.9 Å². The van der Waals surface area contributed by atoms with Crippen LogP contribution in [0.4, 0.5) is 0 Å². The number of aliphatic hydroxyl groups excluding tert-OH is 1. The molecular weight excluding hydrogens is 433 g/mol. The summed E-state index contributed by atoms with van der Waals surface area (Å²) in [5.41, 5.74) is 5.16. The van der Waals surface area contributed by atoms with E-state index < -0.39 is 26.5 Å². The molecule has 8 nitrogen and oxygen atoms in total. The van der Waals surface area contributed by atoms with E-state index in [-0.39, 0.29) is 26.2 Å². The Hall–Kier alpha value is -1.02. The van der Waals surface area contributed by atoms with Crippen molar-refractivity contribution in [3.05, 3.63) is 24.3 Å². The summed E-state index contributed by atoms with van der Waals surface area (Å²) in [4.78, 5) is 21.0. The van der Waals surface area contributed by atoms with Gasteiger partial charge in [-0.15, -0.1) is 0 Å². The molecule has 0 amide bonds. The number of hydrogen-bond donors (Lipinski definition) is 3. The third-order valence-electron chi connectivity index (χ3n) is 4.57. The Labute approximate surface area is 193 Å². The summed E-state index contributed by atoms with van der Waals surface area (Å²) in [6.07, 6.45) is 20.2. The molecule has 0 aliphatic carbocycles. The van der Waals surface area contributed by atoms with Crippen LogP contribution in [0.15, 0.2) is 24.3 Å². The Balaban J connectivity index is 3.54. The van der Waals surface area contributed by atoms with E-state index in [2.05, 4.69) is 40.3 Å². The van der Waals surface area contributed by atoms with Crippen molar-refractivity contribution in [3.8, 4) is 0 Å². The number of aliphatic hydroxyl groups is 1. The van der Waals surface area contributed by atoms with Crippen molar-refractivity contribution < 1.29 is 33.1 Å². The van der Waals surface area contributed by atoms with Gasteiger partial charge in [0.05, 0.1) is 13.2 Å². The molecule has 0 aliphatic heterocycles. The molecule has 0 aliphatic rings. The Morgan fingerprint density at radius 1 is 0.938 bits per heavy atom. The Morgan fingerprint density at radius 2 is 1.56 bits per heavy atom. The number of carbonyl (C=O) groups is 1. The molecule has 9 heteroatoms. The molecule has 0 spiro atoms. The monoisotopic (exact) mass is 477 g/mol. The minimum Gasteiger partial charge on any atom is -0.463 e. The average Bonchev–Trinajstić information content (AvgIpc) is 2.77. The fourth-order valence-electron chi connectivity index (χ4n) is 2.78. The highest BCUT2D eigenvalue weighted by molar-refractivity contribution is 7.47. The van der Waals surface area contributed by atoms with Crippen LogP contribution in [0.25, 0.3) is 0 Å². The second-order valence-corrected chi connectivity index (χ2v) is 9.16. The lowest BCUT2D eigenvalue weighted by Crippen LogP contribution is -2.23. The van der Waals surface area contributed by atoms with Gasteiger partial charge in [-0.2, -0.15) is 0 Å². The Bertz CT molecular complexity index is 554. The maximum atomic E-state index is 11.7. The number of allylic oxidation sites excluding steroid dienone is 4. The number of esters is 1. The van der Waals surface area contributed by atoms with Gasteiger partial charge in [0.2, 0.25) is 0 Å². The minimum atomic E-state index is -4.24. The van der Waals surface area contributed by atoms with Crippen molar-refractivity contribution >= 4 is 13.8 Å². The molecule has 0 aromatic heterocycles. The van der Waals surface area contributed by atoms with E-state index in [4.69, 9.17) is 10.5 Å². The highest BCUT2D eigenvalue weighted by Gasteiger charge is 2.22. The molecule has 0 saturated carbocycles. The van der Waals surface area contributed by atoms with Gasteiger partial charge in [-0.25, -0.2) is 4.57 Å². The molecular formula is C23H44NO7P. The van der Waals surface area contributed by atoms with Gasteiger partial charge >= 0.3 is 13.8 Å². The van der Waals surface area contributed by atoms with Crippen LogP contribution in [0.2, 0.25) is 0 Å². The second kappa shape index (κ2) is 21.8. The summed E-state index contributed by atoms with van der Waals surface area (Å²) < 4.78 is 25.5. The molecule has 0 radical (unpaired) electrons. The minimum absolute atomic E-state index is 0.0717. The third-order valence-corrected chi connectivity index (χ3v) is 5.55. The van der Waals surface area contributed by atoms with Gasteiger partial charge in [0.25, 0.3) is 0 Å². The molecule has 0 fully saturated rings. The Kier molecular flexibility index (Phi) is 21.1. The average molecular weight is 478 g/mol. The number of ether oxygens (including phenoxy) is 1. The van der Waals surface area contributed by atoms with Gasteiger partial charge in [0.1, 0.15) is 12.7 Å². The summed E-state index contributed by atoms with van der Waals surface area (Å²) in [5, 5.41) is 9.67. The van der Waals surface area contributed by atoms with Gasteiger partial charge in [0.15, 0.2) is 0 Å². The van der Waals surface area contributed by atoms with Crippen LogP contribution in [0.3, 0.4) is 0 Å². The molecule has 4 N–H and O–H groups in total. The SMILES string of the molecule is CCCCCC=CCC=CCCCCCCCC(=O)OC[C@@H](O)COP(=O)(O)OCCN. The van der Waals surface area contributed by atoms with Crippen LogP contribution < -0.4 is 5.73 Å². The Morgan fingerprint density at radius 3 is 2.22 bits per heavy atom. The zero-order valence-corrected chi connectivity index (χ0v) is 20.6. The standard InChI is InChI=1S/C23H44NO7P/c1-2-3-4-5-6-7-8-9-10-11-12-13-14-15-16-17-23(26)29-20-22(25)21-31-32(27,28)30-19-18-24/h6-7,9-10,22,25H,2-5,8,11-21,24H2,1H3,(H,27,28)/t22-/m1/s1. The largest absolute Gasteiger partial charge is 0.472 e. The van der Waals surface area contributed by atoms with Crippen LogP contribution in [-0.4, -0.2) is 48.4 Å². The van der Waals surface area contributed by atoms with Crippen molar-refractivity contribution in [1.82, 2.24) is 0 Å². The second-order valence-electron chi connectivity index (χ2n) is 7.70. The lowest BCUT2D eigenvalue weighted by atomic mass is 10.1. The molecule has 0 rings (SSSR count). The zero-order chi connectivity index (χ0) is 23.9. The summed E-state index contributed by atoms with van der Waals surface area (Å²) in [5.74, 6) is -0.402. The fraction of sp³-hybridized carbons (Fsp3) is 0.783. The fourth-order valence-corrected chi connectivity index (χ4v) is 3.55. The van der Waals surface area contributed by atoms with E-state index in [0.29, 0.717) is 0 Å². The van der Waals surface area contributed by atoms with Gasteiger partial charge in [-0.3, -0.25) is 13.8 Å². The quantitative estimate of drug-likeness (QED) is 0.0878. The van der Waals surface area contributed by atoms with Crippen LogP contribution in [-0.2, 0) is 23.1 Å². The molecule has 0 bridgehead atoms. The molecule has 0 saturated heterocycles. The summed E-state index contributed by atoms with van der Waals surface area (Å²) in [6, 6.07) is 0. The lowest BCUT2D eigenvalue weighted by molar-refractivity contribution is -0.147. The summed E-state index contributed by atoms with van der Waals surface area (Å²) >= 11 is 0. The summed E-state index contributed by atoms with van der Waals surface area (Å²) in [7, 11) is -4.24. The predicted octanol–water partition coefficient (Wildman–Crippen LogP) is 4.80. The van der Waals surface area contributed by atoms with Crippen molar-refractivity contribution in [2.45, 2.75) is 90.1 Å². The van der Waals surface area contributed by atoms with Crippen molar-refractivity contribution in [1.29, 1.82) is 0 Å².